The van der Waals surface area contributed by atoms with Gasteiger partial charge in [-0.2, -0.15) is 0 Å². The molecule has 0 atom stereocenters. The van der Waals surface area contributed by atoms with E-state index >= 15 is 0 Å². The Morgan fingerprint density at radius 2 is 2.06 bits per heavy atom. The SMILES string of the molecule is NCc1ccc(NC(=O)c2ccccc2O)nc1. The summed E-state index contributed by atoms with van der Waals surface area (Å²) in [6.45, 7) is 0.403. The molecule has 2 rings (SSSR count). The summed E-state index contributed by atoms with van der Waals surface area (Å²) in [6.07, 6.45) is 1.60. The maximum absolute atomic E-state index is 11.9. The molecule has 0 fully saturated rings. The molecule has 2 aromatic rings. The van der Waals surface area contributed by atoms with Crippen LogP contribution in [-0.2, 0) is 6.54 Å². The van der Waals surface area contributed by atoms with Crippen molar-refractivity contribution in [1.29, 1.82) is 0 Å². The second-order valence-electron chi connectivity index (χ2n) is 3.73. The molecule has 0 radical (unpaired) electrons. The third kappa shape index (κ3) is 2.64. The number of nitrogens with one attached hydrogen (secondary N) is 1. The Morgan fingerprint density at radius 1 is 1.28 bits per heavy atom. The Bertz CT molecular complexity index is 552. The van der Waals surface area contributed by atoms with Gasteiger partial charge >= 0.3 is 0 Å². The number of para-hydroxylation sites is 1. The second kappa shape index (κ2) is 5.29. The van der Waals surface area contributed by atoms with Crippen molar-refractivity contribution in [2.75, 3.05) is 5.32 Å². The summed E-state index contributed by atoms with van der Waals surface area (Å²) in [7, 11) is 0. The van der Waals surface area contributed by atoms with Gasteiger partial charge in [-0.05, 0) is 23.8 Å². The lowest BCUT2D eigenvalue weighted by Crippen LogP contribution is -2.13. The Labute approximate surface area is 104 Å². The molecule has 0 aliphatic rings. The summed E-state index contributed by atoms with van der Waals surface area (Å²) in [5, 5.41) is 12.1. The monoisotopic (exact) mass is 243 g/mol. The Kier molecular flexibility index (Phi) is 3.54. The molecule has 18 heavy (non-hydrogen) atoms. The van der Waals surface area contributed by atoms with E-state index in [0.717, 1.165) is 5.56 Å². The van der Waals surface area contributed by atoms with E-state index in [1.54, 1.807) is 36.5 Å². The smallest absolute Gasteiger partial charge is 0.260 e. The van der Waals surface area contributed by atoms with Gasteiger partial charge in [0.15, 0.2) is 0 Å². The van der Waals surface area contributed by atoms with Crippen LogP contribution >= 0.6 is 0 Å². The number of phenols is 1. The second-order valence-corrected chi connectivity index (χ2v) is 3.73. The summed E-state index contributed by atoms with van der Waals surface area (Å²) in [6, 6.07) is 9.78. The maximum atomic E-state index is 11.9. The van der Waals surface area contributed by atoms with E-state index in [-0.39, 0.29) is 11.3 Å². The van der Waals surface area contributed by atoms with E-state index in [4.69, 9.17) is 5.73 Å². The molecule has 5 heteroatoms. The highest BCUT2D eigenvalue weighted by Gasteiger charge is 2.10. The van der Waals surface area contributed by atoms with Crippen molar-refractivity contribution in [3.8, 4) is 5.75 Å². The fourth-order valence-corrected chi connectivity index (χ4v) is 1.47. The highest BCUT2D eigenvalue weighted by Crippen LogP contribution is 2.17. The van der Waals surface area contributed by atoms with E-state index in [0.29, 0.717) is 12.4 Å². The van der Waals surface area contributed by atoms with Gasteiger partial charge in [-0.1, -0.05) is 18.2 Å². The molecule has 0 aliphatic carbocycles. The molecular weight excluding hydrogens is 230 g/mol. The van der Waals surface area contributed by atoms with Gasteiger partial charge in [0.1, 0.15) is 11.6 Å². The number of carbonyl (C=O) groups is 1. The Hall–Kier alpha value is -2.40. The number of nitrogens with zero attached hydrogens (tertiary/aromatic N) is 1. The first-order valence-corrected chi connectivity index (χ1v) is 5.45. The van der Waals surface area contributed by atoms with Crippen molar-refractivity contribution >= 4 is 11.7 Å². The molecule has 5 nitrogen and oxygen atoms in total. The van der Waals surface area contributed by atoms with Gasteiger partial charge in [-0.3, -0.25) is 4.79 Å². The molecule has 0 unspecified atom stereocenters. The van der Waals surface area contributed by atoms with Crippen molar-refractivity contribution in [2.24, 2.45) is 5.73 Å². The topological polar surface area (TPSA) is 88.2 Å². The minimum Gasteiger partial charge on any atom is -0.507 e. The fourth-order valence-electron chi connectivity index (χ4n) is 1.47. The quantitative estimate of drug-likeness (QED) is 0.762. The van der Waals surface area contributed by atoms with E-state index < -0.39 is 5.91 Å². The van der Waals surface area contributed by atoms with Crippen molar-refractivity contribution in [2.45, 2.75) is 6.54 Å². The van der Waals surface area contributed by atoms with Crippen LogP contribution in [0.15, 0.2) is 42.6 Å². The lowest BCUT2D eigenvalue weighted by Gasteiger charge is -2.06. The van der Waals surface area contributed by atoms with Gasteiger partial charge in [-0.25, -0.2) is 4.98 Å². The zero-order valence-corrected chi connectivity index (χ0v) is 9.63. The first kappa shape index (κ1) is 12.1. The van der Waals surface area contributed by atoms with Crippen molar-refractivity contribution < 1.29 is 9.90 Å². The highest BCUT2D eigenvalue weighted by atomic mass is 16.3. The van der Waals surface area contributed by atoms with Crippen LogP contribution in [0.4, 0.5) is 5.82 Å². The van der Waals surface area contributed by atoms with Gasteiger partial charge in [-0.15, -0.1) is 0 Å². The normalized spacial score (nSPS) is 10.1. The number of rotatable bonds is 3. The molecule has 0 aliphatic heterocycles. The van der Waals surface area contributed by atoms with Crippen molar-refractivity contribution in [3.05, 3.63) is 53.7 Å². The zero-order chi connectivity index (χ0) is 13.0. The molecule has 1 aromatic heterocycles. The van der Waals surface area contributed by atoms with Gasteiger partial charge in [0.05, 0.1) is 5.56 Å². The molecule has 1 amide bonds. The molecule has 0 bridgehead atoms. The van der Waals surface area contributed by atoms with Crippen LogP contribution in [0.25, 0.3) is 0 Å². The number of hydrogen-bond donors (Lipinski definition) is 3. The molecule has 0 saturated carbocycles. The average molecular weight is 243 g/mol. The molecule has 1 heterocycles. The number of pyridine rings is 1. The van der Waals surface area contributed by atoms with Crippen LogP contribution in [0, 0.1) is 0 Å². The number of aromatic nitrogens is 1. The lowest BCUT2D eigenvalue weighted by molar-refractivity contribution is 0.102. The summed E-state index contributed by atoms with van der Waals surface area (Å²) in [5.41, 5.74) is 6.55. The van der Waals surface area contributed by atoms with Gasteiger partial charge in [0.25, 0.3) is 5.91 Å². The van der Waals surface area contributed by atoms with Crippen LogP contribution in [0.5, 0.6) is 5.75 Å². The largest absolute Gasteiger partial charge is 0.507 e. The summed E-state index contributed by atoms with van der Waals surface area (Å²) < 4.78 is 0. The van der Waals surface area contributed by atoms with Crippen LogP contribution in [0.3, 0.4) is 0 Å². The summed E-state index contributed by atoms with van der Waals surface area (Å²) >= 11 is 0. The number of hydrogen-bond acceptors (Lipinski definition) is 4. The van der Waals surface area contributed by atoms with Gasteiger partial charge < -0.3 is 16.2 Å². The van der Waals surface area contributed by atoms with Crippen LogP contribution in [-0.4, -0.2) is 16.0 Å². The van der Waals surface area contributed by atoms with Gasteiger partial charge in [0, 0.05) is 12.7 Å². The predicted octanol–water partition coefficient (Wildman–Crippen LogP) is 1.50. The number of nitrogens with two attached hydrogens (primary N) is 1. The van der Waals surface area contributed by atoms with E-state index in [9.17, 15) is 9.90 Å². The van der Waals surface area contributed by atoms with Crippen LogP contribution < -0.4 is 11.1 Å². The zero-order valence-electron chi connectivity index (χ0n) is 9.63. The number of benzene rings is 1. The molecular formula is C13H13N3O2. The number of carbonyl (C=O) groups excluding carboxylic acids is 1. The molecule has 92 valence electrons. The number of phenolic OH excluding ortho intramolecular Hbond substituents is 1. The minimum atomic E-state index is -0.402. The van der Waals surface area contributed by atoms with E-state index in [1.807, 2.05) is 0 Å². The average Bonchev–Trinajstić information content (AvgIpc) is 2.40. The third-order valence-corrected chi connectivity index (χ3v) is 2.45. The summed E-state index contributed by atoms with van der Waals surface area (Å²) in [5.74, 6) is -0.0462. The Balaban J connectivity index is 2.14. The van der Waals surface area contributed by atoms with Crippen LogP contribution in [0.2, 0.25) is 0 Å². The fraction of sp³-hybridized carbons (Fsp3) is 0.0769. The predicted molar refractivity (Wildman–Crippen MR) is 68.2 cm³/mol. The van der Waals surface area contributed by atoms with Gasteiger partial charge in [0.2, 0.25) is 0 Å². The number of anilines is 1. The van der Waals surface area contributed by atoms with Crippen LogP contribution in [0.1, 0.15) is 15.9 Å². The maximum Gasteiger partial charge on any atom is 0.260 e. The summed E-state index contributed by atoms with van der Waals surface area (Å²) in [4.78, 5) is 15.9. The first-order chi connectivity index (χ1) is 8.70. The lowest BCUT2D eigenvalue weighted by atomic mass is 10.2. The molecule has 0 spiro atoms. The van der Waals surface area contributed by atoms with E-state index in [1.165, 1.54) is 6.07 Å². The third-order valence-electron chi connectivity index (χ3n) is 2.45. The minimum absolute atomic E-state index is 0.0615. The van der Waals surface area contributed by atoms with E-state index in [2.05, 4.69) is 10.3 Å². The standard InChI is InChI=1S/C13H13N3O2/c14-7-9-5-6-12(15-8-9)16-13(18)10-3-1-2-4-11(10)17/h1-6,8,17H,7,14H2,(H,15,16,18). The molecule has 1 aromatic carbocycles. The first-order valence-electron chi connectivity index (χ1n) is 5.45. The number of amides is 1. The molecule has 4 N–H and O–H groups in total. The number of aromatic hydroxyl groups is 1. The molecule has 0 saturated heterocycles. The van der Waals surface area contributed by atoms with Crippen molar-refractivity contribution in [3.63, 3.8) is 0 Å². The van der Waals surface area contributed by atoms with Crippen molar-refractivity contribution in [1.82, 2.24) is 4.98 Å². The highest BCUT2D eigenvalue weighted by molar-refractivity contribution is 6.05. The Morgan fingerprint density at radius 3 is 2.67 bits per heavy atom.